The first-order valence-corrected chi connectivity index (χ1v) is 14.3. The van der Waals surface area contributed by atoms with Gasteiger partial charge in [-0.3, -0.25) is 19.8 Å². The van der Waals surface area contributed by atoms with Crippen molar-refractivity contribution in [3.05, 3.63) is 29.8 Å². The van der Waals surface area contributed by atoms with E-state index in [0.717, 1.165) is 76.9 Å². The molecule has 1 aromatic rings. The molecule has 38 heavy (non-hydrogen) atoms. The Kier molecular flexibility index (Phi) is 9.65. The molecule has 0 aromatic heterocycles. The van der Waals surface area contributed by atoms with Crippen LogP contribution >= 0.6 is 0 Å². The number of carbonyl (C=O) groups is 3. The summed E-state index contributed by atoms with van der Waals surface area (Å²) in [6.45, 7) is 11.3. The van der Waals surface area contributed by atoms with Gasteiger partial charge in [0.25, 0.3) is 0 Å². The van der Waals surface area contributed by atoms with Gasteiger partial charge in [-0.15, -0.1) is 0 Å². The second-order valence-electron chi connectivity index (χ2n) is 12.0. The normalized spacial score (nSPS) is 25.5. The molecule has 1 saturated carbocycles. The van der Waals surface area contributed by atoms with Crippen molar-refractivity contribution < 1.29 is 19.1 Å². The van der Waals surface area contributed by atoms with E-state index in [1.54, 1.807) is 0 Å². The average molecular weight is 528 g/mol. The zero-order valence-corrected chi connectivity index (χ0v) is 23.3. The van der Waals surface area contributed by atoms with Gasteiger partial charge in [-0.05, 0) is 90.0 Å². The Hall–Kier alpha value is -2.65. The van der Waals surface area contributed by atoms with Gasteiger partial charge in [-0.1, -0.05) is 12.1 Å². The molecule has 1 aromatic carbocycles. The van der Waals surface area contributed by atoms with E-state index in [-0.39, 0.29) is 30.0 Å². The Balaban J connectivity index is 1.09. The number of carbonyl (C=O) groups excluding carboxylic acids is 3. The number of anilines is 1. The molecular weight excluding hydrogens is 482 g/mol. The van der Waals surface area contributed by atoms with Crippen LogP contribution in [0.2, 0.25) is 0 Å². The van der Waals surface area contributed by atoms with E-state index in [4.69, 9.17) is 4.74 Å². The first-order chi connectivity index (χ1) is 18.1. The lowest BCUT2D eigenvalue weighted by molar-refractivity contribution is -0.133. The number of piperidine rings is 1. The molecule has 4 rings (SSSR count). The van der Waals surface area contributed by atoms with E-state index in [0.29, 0.717) is 18.9 Å². The Morgan fingerprint density at radius 3 is 2.32 bits per heavy atom. The maximum atomic E-state index is 12.1. The van der Waals surface area contributed by atoms with E-state index in [1.165, 1.54) is 5.56 Å². The largest absolute Gasteiger partial charge is 0.444 e. The van der Waals surface area contributed by atoms with E-state index in [9.17, 15) is 14.4 Å². The summed E-state index contributed by atoms with van der Waals surface area (Å²) in [7, 11) is 0. The number of imide groups is 1. The Morgan fingerprint density at radius 2 is 1.68 bits per heavy atom. The van der Waals surface area contributed by atoms with Crippen molar-refractivity contribution in [1.29, 1.82) is 0 Å². The quantitative estimate of drug-likeness (QED) is 0.446. The highest BCUT2D eigenvalue weighted by Gasteiger charge is 2.30. The van der Waals surface area contributed by atoms with Crippen LogP contribution in [0.15, 0.2) is 24.3 Å². The van der Waals surface area contributed by atoms with E-state index < -0.39 is 5.60 Å². The third-order valence-electron chi connectivity index (χ3n) is 7.81. The second kappa shape index (κ2) is 12.9. The number of piperazine rings is 1. The van der Waals surface area contributed by atoms with Crippen LogP contribution in [0, 0.1) is 0 Å². The highest BCUT2D eigenvalue weighted by molar-refractivity contribution is 6.01. The molecule has 1 atom stereocenters. The summed E-state index contributed by atoms with van der Waals surface area (Å²) in [6.07, 6.45) is 7.09. The summed E-state index contributed by atoms with van der Waals surface area (Å²) in [4.78, 5) is 40.5. The fraction of sp³-hybridized carbons (Fsp3) is 0.690. The van der Waals surface area contributed by atoms with E-state index in [1.807, 2.05) is 32.9 Å². The topological polar surface area (TPSA) is 103 Å². The molecule has 3 amide bonds. The van der Waals surface area contributed by atoms with Crippen molar-refractivity contribution >= 4 is 23.6 Å². The van der Waals surface area contributed by atoms with Gasteiger partial charge in [0.2, 0.25) is 11.8 Å². The van der Waals surface area contributed by atoms with Crippen molar-refractivity contribution in [2.24, 2.45) is 0 Å². The molecule has 0 radical (unpaired) electrons. The summed E-state index contributed by atoms with van der Waals surface area (Å²) < 4.78 is 5.40. The van der Waals surface area contributed by atoms with Crippen LogP contribution in [-0.4, -0.2) is 84.2 Å². The van der Waals surface area contributed by atoms with Gasteiger partial charge in [0.1, 0.15) is 11.6 Å². The monoisotopic (exact) mass is 527 g/mol. The molecule has 3 aliphatic rings. The van der Waals surface area contributed by atoms with Crippen LogP contribution in [0.3, 0.4) is 0 Å². The summed E-state index contributed by atoms with van der Waals surface area (Å²) in [5.74, 6) is -0.435. The molecule has 2 saturated heterocycles. The van der Waals surface area contributed by atoms with Crippen LogP contribution in [0.5, 0.6) is 0 Å². The molecule has 210 valence electrons. The predicted octanol–water partition coefficient (Wildman–Crippen LogP) is 3.29. The average Bonchev–Trinajstić information content (AvgIpc) is 2.86. The molecule has 0 spiro atoms. The number of aryl methyl sites for hydroxylation is 1. The van der Waals surface area contributed by atoms with Crippen molar-refractivity contribution in [2.45, 2.75) is 95.9 Å². The second-order valence-corrected chi connectivity index (χ2v) is 12.0. The van der Waals surface area contributed by atoms with Crippen molar-refractivity contribution in [1.82, 2.24) is 20.4 Å². The number of hydrogen-bond donors (Lipinski definition) is 3. The van der Waals surface area contributed by atoms with Crippen molar-refractivity contribution in [2.75, 3.05) is 38.0 Å². The number of nitrogens with one attached hydrogen (secondary N) is 3. The lowest BCUT2D eigenvalue weighted by atomic mass is 9.90. The molecule has 2 heterocycles. The van der Waals surface area contributed by atoms with Gasteiger partial charge in [-0.2, -0.15) is 0 Å². The Morgan fingerprint density at radius 1 is 1.00 bits per heavy atom. The SMILES string of the molecule is CC(C)(C)OC(=O)NC1CCC(N2CCN(CCCc3ccc(NC4CCC(=O)NC4=O)cc3)CC2)CC1. The van der Waals surface area contributed by atoms with Crippen LogP contribution in [-0.2, 0) is 20.7 Å². The maximum absolute atomic E-state index is 12.1. The van der Waals surface area contributed by atoms with Crippen LogP contribution in [0.4, 0.5) is 10.5 Å². The molecule has 0 bridgehead atoms. The summed E-state index contributed by atoms with van der Waals surface area (Å²) in [5.41, 5.74) is 1.76. The maximum Gasteiger partial charge on any atom is 0.407 e. The smallest absolute Gasteiger partial charge is 0.407 e. The third kappa shape index (κ3) is 8.70. The number of hydrogen-bond acceptors (Lipinski definition) is 7. The minimum Gasteiger partial charge on any atom is -0.444 e. The van der Waals surface area contributed by atoms with Crippen molar-refractivity contribution in [3.8, 4) is 0 Å². The molecule has 9 nitrogen and oxygen atoms in total. The standard InChI is InChI=1S/C29H45N5O4/c1-29(2,3)38-28(37)31-23-10-12-24(13-11-23)34-19-17-33(18-20-34)16-4-5-21-6-8-22(9-7-21)30-25-14-15-26(35)32-27(25)36/h6-9,23-25,30H,4-5,10-20H2,1-3H3,(H,31,37)(H,32,35,36). The molecule has 2 aliphatic heterocycles. The lowest BCUT2D eigenvalue weighted by Gasteiger charge is -2.42. The fourth-order valence-electron chi connectivity index (χ4n) is 5.72. The number of ether oxygens (including phenoxy) is 1. The summed E-state index contributed by atoms with van der Waals surface area (Å²) >= 11 is 0. The fourth-order valence-corrected chi connectivity index (χ4v) is 5.72. The molecule has 3 fully saturated rings. The van der Waals surface area contributed by atoms with E-state index in [2.05, 4.69) is 37.9 Å². The molecule has 1 aliphatic carbocycles. The zero-order chi connectivity index (χ0) is 27.1. The number of benzene rings is 1. The highest BCUT2D eigenvalue weighted by atomic mass is 16.6. The Bertz CT molecular complexity index is 945. The number of alkyl carbamates (subject to hydrolysis) is 1. The zero-order valence-electron chi connectivity index (χ0n) is 23.3. The minimum absolute atomic E-state index is 0.193. The molecule has 3 N–H and O–H groups in total. The van der Waals surface area contributed by atoms with E-state index >= 15 is 0 Å². The minimum atomic E-state index is -0.456. The molecular formula is C29H45N5O4. The van der Waals surface area contributed by atoms with Gasteiger partial charge >= 0.3 is 6.09 Å². The summed E-state index contributed by atoms with van der Waals surface area (Å²) in [5, 5.41) is 8.67. The summed E-state index contributed by atoms with van der Waals surface area (Å²) in [6, 6.07) is 8.80. The number of amides is 3. The number of nitrogens with zero attached hydrogens (tertiary/aromatic N) is 2. The van der Waals surface area contributed by atoms with Crippen LogP contribution in [0.1, 0.15) is 71.3 Å². The van der Waals surface area contributed by atoms with Crippen LogP contribution < -0.4 is 16.0 Å². The van der Waals surface area contributed by atoms with Gasteiger partial charge in [0.05, 0.1) is 0 Å². The Labute approximate surface area is 227 Å². The van der Waals surface area contributed by atoms with Gasteiger partial charge in [-0.25, -0.2) is 4.79 Å². The van der Waals surface area contributed by atoms with Gasteiger partial charge in [0.15, 0.2) is 0 Å². The predicted molar refractivity (Wildman–Crippen MR) is 148 cm³/mol. The van der Waals surface area contributed by atoms with Crippen LogP contribution in [0.25, 0.3) is 0 Å². The van der Waals surface area contributed by atoms with Crippen molar-refractivity contribution in [3.63, 3.8) is 0 Å². The molecule has 1 unspecified atom stereocenters. The first kappa shape index (κ1) is 28.4. The first-order valence-electron chi connectivity index (χ1n) is 14.3. The van der Waals surface area contributed by atoms with Gasteiger partial charge in [0, 0.05) is 50.4 Å². The van der Waals surface area contributed by atoms with Gasteiger partial charge < -0.3 is 20.3 Å². The number of rotatable bonds is 8. The lowest BCUT2D eigenvalue weighted by Crippen LogP contribution is -2.52. The highest BCUT2D eigenvalue weighted by Crippen LogP contribution is 2.25. The molecule has 9 heteroatoms. The third-order valence-corrected chi connectivity index (χ3v) is 7.81.